The molecule has 10 nitrogen and oxygen atoms in total. The van der Waals surface area contributed by atoms with Crippen molar-refractivity contribution in [2.75, 3.05) is 0 Å². The summed E-state index contributed by atoms with van der Waals surface area (Å²) in [5.41, 5.74) is 2.34. The number of phosphoric ester groups is 1. The highest BCUT2D eigenvalue weighted by Gasteiger charge is 2.55. The van der Waals surface area contributed by atoms with Crippen LogP contribution in [0.3, 0.4) is 0 Å². The molecule has 41 heavy (non-hydrogen) atoms. The van der Waals surface area contributed by atoms with E-state index in [4.69, 9.17) is 13.6 Å². The Labute approximate surface area is 242 Å². The zero-order chi connectivity index (χ0) is 31.3. The van der Waals surface area contributed by atoms with Crippen LogP contribution >= 0.6 is 7.82 Å². The molecule has 0 amide bonds. The molecule has 0 bridgehead atoms. The summed E-state index contributed by atoms with van der Waals surface area (Å²) in [5.74, 6) is -12.2. The molecule has 3 rings (SSSR count). The van der Waals surface area contributed by atoms with Crippen molar-refractivity contribution in [2.24, 2.45) is 17.8 Å². The Hall–Kier alpha value is -2.17. The molecule has 11 heteroatoms. The molecule has 3 atom stereocenters. The largest absolute Gasteiger partial charge is 0.646 e. The van der Waals surface area contributed by atoms with Crippen LogP contribution in [0.1, 0.15) is 80.1 Å². The molecule has 3 aliphatic rings. The fraction of sp³-hybridized carbons (Fsp3) is 0.600. The summed E-state index contributed by atoms with van der Waals surface area (Å²) in [6, 6.07) is 0. The molecular weight excluding hydrogens is 551 g/mol. The zero-order valence-electron chi connectivity index (χ0n) is 24.9. The lowest BCUT2D eigenvalue weighted by Crippen LogP contribution is -2.46. The molecule has 3 aliphatic carbocycles. The minimum Gasteiger partial charge on any atom is -0.385 e. The minimum absolute atomic E-state index is 0.328. The van der Waals surface area contributed by atoms with Crippen LogP contribution in [0.15, 0.2) is 70.5 Å². The third-order valence-electron chi connectivity index (χ3n) is 8.44. The van der Waals surface area contributed by atoms with E-state index in [1.807, 2.05) is 0 Å². The average Bonchev–Trinajstić information content (AvgIpc) is 2.81. The quantitative estimate of drug-likeness (QED) is 0.122. The fourth-order valence-corrected chi connectivity index (χ4v) is 7.69. The van der Waals surface area contributed by atoms with Gasteiger partial charge in [0.1, 0.15) is 0 Å². The molecule has 0 radical (unpaired) electrons. The van der Waals surface area contributed by atoms with Crippen LogP contribution in [0.5, 0.6) is 0 Å². The third-order valence-corrected chi connectivity index (χ3v) is 9.66. The van der Waals surface area contributed by atoms with Crippen molar-refractivity contribution in [1.29, 1.82) is 0 Å². The molecule has 230 valence electrons. The van der Waals surface area contributed by atoms with E-state index in [2.05, 4.69) is 19.7 Å². The number of aliphatic hydroxyl groups is 6. The van der Waals surface area contributed by atoms with Crippen molar-refractivity contribution < 1.29 is 48.8 Å². The van der Waals surface area contributed by atoms with Crippen LogP contribution < -0.4 is 0 Å². The van der Waals surface area contributed by atoms with Gasteiger partial charge in [-0.05, 0) is 96.8 Å². The van der Waals surface area contributed by atoms with Crippen LogP contribution in [-0.2, 0) is 18.1 Å². The Morgan fingerprint density at radius 3 is 1.02 bits per heavy atom. The van der Waals surface area contributed by atoms with Crippen LogP contribution in [-0.4, -0.2) is 48.0 Å². The molecule has 0 aromatic heterocycles. The van der Waals surface area contributed by atoms with Crippen molar-refractivity contribution in [3.63, 3.8) is 0 Å². The lowest BCUT2D eigenvalue weighted by molar-refractivity contribution is -0.198. The maximum absolute atomic E-state index is 14.6. The first-order valence-corrected chi connectivity index (χ1v) is 15.2. The summed E-state index contributed by atoms with van der Waals surface area (Å²) in [4.78, 5) is 0. The van der Waals surface area contributed by atoms with Gasteiger partial charge in [0.15, 0.2) is 17.3 Å². The van der Waals surface area contributed by atoms with Gasteiger partial charge in [0.2, 0.25) is 17.4 Å². The normalized spacial score (nSPS) is 27.9. The summed E-state index contributed by atoms with van der Waals surface area (Å²) in [6.07, 6.45) is 1.99. The molecule has 0 spiro atoms. The SMILES string of the molecule is C=C(C)[C@@H]1CCC(C)=C(OP(=O)(OC2=C(C)CC[C@@H](C(=C)C)C2(O)O)OC2=C(C)CC[C@@H](C(=C)C)C2(O)O)C1(O)O. The van der Waals surface area contributed by atoms with Gasteiger partial charge in [-0.15, -0.1) is 0 Å². The van der Waals surface area contributed by atoms with Crippen molar-refractivity contribution in [2.45, 2.75) is 97.4 Å². The maximum atomic E-state index is 14.6. The summed E-state index contributed by atoms with van der Waals surface area (Å²) in [5, 5.41) is 67.1. The molecule has 0 saturated carbocycles. The Bertz CT molecular complexity index is 1110. The van der Waals surface area contributed by atoms with E-state index in [9.17, 15) is 35.2 Å². The Morgan fingerprint density at radius 1 is 0.610 bits per heavy atom. The summed E-state index contributed by atoms with van der Waals surface area (Å²) in [7, 11) is -5.17. The first-order valence-electron chi connectivity index (χ1n) is 13.8. The van der Waals surface area contributed by atoms with E-state index in [-0.39, 0.29) is 0 Å². The molecule has 0 saturated heterocycles. The first kappa shape index (κ1) is 33.3. The molecule has 0 unspecified atom stereocenters. The van der Waals surface area contributed by atoms with Gasteiger partial charge in [0, 0.05) is 17.8 Å². The smallest absolute Gasteiger partial charge is 0.385 e. The molecule has 0 aromatic rings. The van der Waals surface area contributed by atoms with E-state index >= 15 is 0 Å². The van der Waals surface area contributed by atoms with Gasteiger partial charge in [0.25, 0.3) is 0 Å². The van der Waals surface area contributed by atoms with E-state index in [0.717, 1.165) is 0 Å². The van der Waals surface area contributed by atoms with Gasteiger partial charge in [-0.1, -0.05) is 36.5 Å². The lowest BCUT2D eigenvalue weighted by Gasteiger charge is -2.42. The first-order chi connectivity index (χ1) is 18.7. The third kappa shape index (κ3) is 6.30. The predicted molar refractivity (Wildman–Crippen MR) is 153 cm³/mol. The summed E-state index contributed by atoms with van der Waals surface area (Å²) >= 11 is 0. The maximum Gasteiger partial charge on any atom is 0.646 e. The number of rotatable bonds is 9. The lowest BCUT2D eigenvalue weighted by atomic mass is 9.80. The van der Waals surface area contributed by atoms with Crippen molar-refractivity contribution in [3.05, 3.63) is 70.5 Å². The topological polar surface area (TPSA) is 166 Å². The highest BCUT2D eigenvalue weighted by atomic mass is 31.2. The predicted octanol–water partition coefficient (Wildman–Crippen LogP) is 4.97. The Morgan fingerprint density at radius 2 is 0.829 bits per heavy atom. The highest BCUT2D eigenvalue weighted by Crippen LogP contribution is 2.62. The van der Waals surface area contributed by atoms with Gasteiger partial charge >= 0.3 is 7.82 Å². The van der Waals surface area contributed by atoms with Gasteiger partial charge in [0.05, 0.1) is 0 Å². The molecule has 0 heterocycles. The summed E-state index contributed by atoms with van der Waals surface area (Å²) in [6.45, 7) is 21.0. The van der Waals surface area contributed by atoms with E-state index in [1.165, 1.54) is 0 Å². The average molecular weight is 597 g/mol. The Kier molecular flexibility index (Phi) is 9.34. The van der Waals surface area contributed by atoms with Crippen LogP contribution in [0.4, 0.5) is 0 Å². The van der Waals surface area contributed by atoms with Crippen LogP contribution in [0, 0.1) is 17.8 Å². The van der Waals surface area contributed by atoms with Crippen molar-refractivity contribution >= 4 is 7.82 Å². The Balaban J connectivity index is 2.18. The van der Waals surface area contributed by atoms with Crippen LogP contribution in [0.25, 0.3) is 0 Å². The molecule has 6 N–H and O–H groups in total. The number of phosphoric acid groups is 1. The second-order valence-corrected chi connectivity index (χ2v) is 13.5. The standard InChI is InChI=1S/C30H45O10P/c1-16(2)22-13-10-19(7)25(28(22,31)32)38-41(37,39-26-20(8)11-14-23(17(3)4)29(26,33)34)40-27-21(9)12-15-24(18(5)6)30(27,35)36/h22-24,31-36H,1,3,5,10-15H2,2,4,6-9H3/t22-,23-,24-/m0/s1. The van der Waals surface area contributed by atoms with Crippen molar-refractivity contribution in [1.82, 2.24) is 0 Å². The second-order valence-electron chi connectivity index (χ2n) is 12.0. The van der Waals surface area contributed by atoms with E-state index in [1.54, 1.807) is 41.5 Å². The van der Waals surface area contributed by atoms with E-state index < -0.39 is 60.2 Å². The summed E-state index contributed by atoms with van der Waals surface area (Å²) < 4.78 is 31.9. The fourth-order valence-electron chi connectivity index (χ4n) is 6.04. The van der Waals surface area contributed by atoms with Crippen LogP contribution in [0.2, 0.25) is 0 Å². The van der Waals surface area contributed by atoms with Gasteiger partial charge < -0.3 is 44.2 Å². The van der Waals surface area contributed by atoms with E-state index in [0.29, 0.717) is 72.0 Å². The zero-order valence-corrected chi connectivity index (χ0v) is 25.8. The number of hydrogen-bond donors (Lipinski definition) is 6. The van der Waals surface area contributed by atoms with Crippen molar-refractivity contribution in [3.8, 4) is 0 Å². The molecule has 0 aromatic carbocycles. The number of allylic oxidation sites excluding steroid dienone is 3. The monoisotopic (exact) mass is 596 g/mol. The molecule has 0 aliphatic heterocycles. The highest BCUT2D eigenvalue weighted by molar-refractivity contribution is 7.48. The number of hydrogen-bond acceptors (Lipinski definition) is 10. The van der Waals surface area contributed by atoms with Gasteiger partial charge in [-0.2, -0.15) is 4.57 Å². The van der Waals surface area contributed by atoms with Gasteiger partial charge in [-0.3, -0.25) is 0 Å². The molecule has 0 fully saturated rings. The second kappa shape index (κ2) is 11.5. The molecular formula is C30H45O10P. The minimum atomic E-state index is -5.17. The van der Waals surface area contributed by atoms with Gasteiger partial charge in [-0.25, -0.2) is 0 Å².